The first-order valence-corrected chi connectivity index (χ1v) is 10.9. The number of morpholine rings is 1. The zero-order valence-corrected chi connectivity index (χ0v) is 18.2. The molecule has 1 saturated heterocycles. The van der Waals surface area contributed by atoms with Gasteiger partial charge in [-0.1, -0.05) is 42.5 Å². The lowest BCUT2D eigenvalue weighted by molar-refractivity contribution is 0.0342. The van der Waals surface area contributed by atoms with Crippen LogP contribution in [0.1, 0.15) is 11.1 Å². The van der Waals surface area contributed by atoms with Crippen molar-refractivity contribution in [2.45, 2.75) is 13.1 Å². The van der Waals surface area contributed by atoms with Crippen LogP contribution < -0.4 is 10.1 Å². The standard InChI is InChI=1S/C25H27N5O2/c1-31-23-5-3-2-4-21(23)16-26-24-11-10-22(25-28-27-18-30(24)25)20-8-6-19(7-9-20)17-29-12-14-32-15-13-29/h2-11,18,26H,12-17H2,1H3. The summed E-state index contributed by atoms with van der Waals surface area (Å²) in [7, 11) is 1.69. The van der Waals surface area contributed by atoms with Gasteiger partial charge >= 0.3 is 0 Å². The molecule has 5 rings (SSSR count). The number of nitrogens with zero attached hydrogens (tertiary/aromatic N) is 4. The minimum atomic E-state index is 0.646. The van der Waals surface area contributed by atoms with Crippen LogP contribution in [0.15, 0.2) is 67.0 Å². The predicted octanol–water partition coefficient (Wildman–Crippen LogP) is 3.85. The third kappa shape index (κ3) is 4.30. The number of hydrogen-bond donors (Lipinski definition) is 1. The quantitative estimate of drug-likeness (QED) is 0.482. The molecule has 0 saturated carbocycles. The molecule has 0 amide bonds. The molecule has 0 unspecified atom stereocenters. The highest BCUT2D eigenvalue weighted by Crippen LogP contribution is 2.27. The Bertz CT molecular complexity index is 1180. The predicted molar refractivity (Wildman–Crippen MR) is 125 cm³/mol. The summed E-state index contributed by atoms with van der Waals surface area (Å²) >= 11 is 0. The van der Waals surface area contributed by atoms with Gasteiger partial charge in [0.1, 0.15) is 17.9 Å². The summed E-state index contributed by atoms with van der Waals surface area (Å²) in [4.78, 5) is 2.43. The van der Waals surface area contributed by atoms with Crippen molar-refractivity contribution < 1.29 is 9.47 Å². The monoisotopic (exact) mass is 429 g/mol. The molecule has 0 aliphatic carbocycles. The van der Waals surface area contributed by atoms with E-state index in [4.69, 9.17) is 9.47 Å². The van der Waals surface area contributed by atoms with Gasteiger partial charge in [0.25, 0.3) is 0 Å². The number of benzene rings is 2. The van der Waals surface area contributed by atoms with Gasteiger partial charge in [-0.2, -0.15) is 0 Å². The number of methoxy groups -OCH3 is 1. The number of hydrogen-bond acceptors (Lipinski definition) is 6. The fourth-order valence-corrected chi connectivity index (χ4v) is 4.12. The van der Waals surface area contributed by atoms with Crippen molar-refractivity contribution in [3.63, 3.8) is 0 Å². The number of anilines is 1. The van der Waals surface area contributed by atoms with Crippen molar-refractivity contribution in [1.29, 1.82) is 0 Å². The summed E-state index contributed by atoms with van der Waals surface area (Å²) in [6, 6.07) is 20.9. The maximum Gasteiger partial charge on any atom is 0.170 e. The fraction of sp³-hybridized carbons (Fsp3) is 0.280. The number of ether oxygens (including phenoxy) is 2. The second-order valence-corrected chi connectivity index (χ2v) is 7.91. The highest BCUT2D eigenvalue weighted by Gasteiger charge is 2.13. The Balaban J connectivity index is 1.35. The van der Waals surface area contributed by atoms with E-state index in [0.29, 0.717) is 6.54 Å². The highest BCUT2D eigenvalue weighted by molar-refractivity contribution is 5.79. The van der Waals surface area contributed by atoms with Crippen LogP contribution in [-0.4, -0.2) is 52.9 Å². The third-order valence-corrected chi connectivity index (χ3v) is 5.88. The molecule has 164 valence electrons. The average molecular weight is 430 g/mol. The molecular weight excluding hydrogens is 402 g/mol. The van der Waals surface area contributed by atoms with Gasteiger partial charge in [0.2, 0.25) is 0 Å². The molecule has 1 aliphatic rings. The zero-order valence-electron chi connectivity index (χ0n) is 18.2. The van der Waals surface area contributed by atoms with Crippen molar-refractivity contribution in [3.05, 3.63) is 78.1 Å². The normalized spacial score (nSPS) is 14.5. The van der Waals surface area contributed by atoms with E-state index in [1.165, 1.54) is 5.56 Å². The smallest absolute Gasteiger partial charge is 0.170 e. The van der Waals surface area contributed by atoms with Crippen molar-refractivity contribution in [1.82, 2.24) is 19.5 Å². The fourth-order valence-electron chi connectivity index (χ4n) is 4.12. The molecule has 1 N–H and O–H groups in total. The lowest BCUT2D eigenvalue weighted by atomic mass is 10.0. The molecule has 1 fully saturated rings. The molecule has 3 heterocycles. The van der Waals surface area contributed by atoms with Crippen LogP contribution in [0.5, 0.6) is 5.75 Å². The van der Waals surface area contributed by atoms with Gasteiger partial charge in [0, 0.05) is 37.3 Å². The molecule has 4 aromatic rings. The maximum absolute atomic E-state index is 5.46. The van der Waals surface area contributed by atoms with Crippen LogP contribution in [0, 0.1) is 0 Å². The minimum absolute atomic E-state index is 0.646. The molecule has 7 heteroatoms. The van der Waals surface area contributed by atoms with Gasteiger partial charge in [-0.15, -0.1) is 10.2 Å². The van der Waals surface area contributed by atoms with Gasteiger partial charge < -0.3 is 14.8 Å². The lowest BCUT2D eigenvalue weighted by Crippen LogP contribution is -2.35. The Labute approximate surface area is 187 Å². The molecule has 0 atom stereocenters. The molecule has 0 bridgehead atoms. The van der Waals surface area contributed by atoms with E-state index in [9.17, 15) is 0 Å². The van der Waals surface area contributed by atoms with Gasteiger partial charge in [0.15, 0.2) is 5.65 Å². The Hall–Kier alpha value is -3.42. The first kappa shape index (κ1) is 20.5. The summed E-state index contributed by atoms with van der Waals surface area (Å²) < 4.78 is 12.9. The first-order chi connectivity index (χ1) is 15.8. The molecule has 0 spiro atoms. The van der Waals surface area contributed by atoms with E-state index < -0.39 is 0 Å². The highest BCUT2D eigenvalue weighted by atomic mass is 16.5. The van der Waals surface area contributed by atoms with Crippen LogP contribution in [0.4, 0.5) is 5.82 Å². The number of pyridine rings is 1. The van der Waals surface area contributed by atoms with Gasteiger partial charge in [-0.25, -0.2) is 0 Å². The second-order valence-electron chi connectivity index (χ2n) is 7.91. The zero-order chi connectivity index (χ0) is 21.8. The number of para-hydroxylation sites is 1. The van der Waals surface area contributed by atoms with Gasteiger partial charge in [-0.3, -0.25) is 9.30 Å². The minimum Gasteiger partial charge on any atom is -0.496 e. The van der Waals surface area contributed by atoms with Crippen LogP contribution in [0.25, 0.3) is 16.8 Å². The maximum atomic E-state index is 5.46. The molecule has 2 aromatic heterocycles. The van der Waals surface area contributed by atoms with Crippen molar-refractivity contribution in [2.24, 2.45) is 0 Å². The summed E-state index contributed by atoms with van der Waals surface area (Å²) in [5.74, 6) is 1.80. The Morgan fingerprint density at radius 2 is 1.81 bits per heavy atom. The van der Waals surface area contributed by atoms with Crippen molar-refractivity contribution in [2.75, 3.05) is 38.7 Å². The summed E-state index contributed by atoms with van der Waals surface area (Å²) in [5, 5.41) is 12.0. The largest absolute Gasteiger partial charge is 0.496 e. The van der Waals surface area contributed by atoms with Crippen LogP contribution >= 0.6 is 0 Å². The molecule has 2 aromatic carbocycles. The summed E-state index contributed by atoms with van der Waals surface area (Å²) in [6.07, 6.45) is 1.75. The van der Waals surface area contributed by atoms with Crippen LogP contribution in [-0.2, 0) is 17.8 Å². The molecule has 32 heavy (non-hydrogen) atoms. The topological polar surface area (TPSA) is 63.9 Å². The second kappa shape index (κ2) is 9.38. The van der Waals surface area contributed by atoms with Gasteiger partial charge in [-0.05, 0) is 29.3 Å². The Morgan fingerprint density at radius 1 is 1.00 bits per heavy atom. The Kier molecular flexibility index (Phi) is 6.00. The SMILES string of the molecule is COc1ccccc1CNc1ccc(-c2ccc(CN3CCOCC3)cc2)c2nncn12. The van der Waals surface area contributed by atoms with E-state index in [1.807, 2.05) is 22.6 Å². The first-order valence-electron chi connectivity index (χ1n) is 10.9. The number of fused-ring (bicyclic) bond motifs is 1. The van der Waals surface area contributed by atoms with Crippen molar-refractivity contribution in [3.8, 4) is 16.9 Å². The van der Waals surface area contributed by atoms with E-state index in [1.54, 1.807) is 13.4 Å². The third-order valence-electron chi connectivity index (χ3n) is 5.88. The summed E-state index contributed by atoms with van der Waals surface area (Å²) in [5.41, 5.74) is 5.42. The molecule has 1 aliphatic heterocycles. The van der Waals surface area contributed by atoms with E-state index in [0.717, 1.165) is 66.8 Å². The summed E-state index contributed by atoms with van der Waals surface area (Å²) in [6.45, 7) is 5.22. The molecular formula is C25H27N5O2. The van der Waals surface area contributed by atoms with E-state index in [-0.39, 0.29) is 0 Å². The van der Waals surface area contributed by atoms with Crippen LogP contribution in [0.2, 0.25) is 0 Å². The molecule has 0 radical (unpaired) electrons. The number of nitrogens with one attached hydrogen (secondary N) is 1. The van der Waals surface area contributed by atoms with E-state index >= 15 is 0 Å². The lowest BCUT2D eigenvalue weighted by Gasteiger charge is -2.26. The van der Waals surface area contributed by atoms with Crippen molar-refractivity contribution >= 4 is 11.5 Å². The molecule has 7 nitrogen and oxygen atoms in total. The Morgan fingerprint density at radius 3 is 2.62 bits per heavy atom. The van der Waals surface area contributed by atoms with E-state index in [2.05, 4.69) is 62.9 Å². The average Bonchev–Trinajstić information content (AvgIpc) is 3.34. The number of rotatable bonds is 7. The van der Waals surface area contributed by atoms with Crippen LogP contribution in [0.3, 0.4) is 0 Å². The van der Waals surface area contributed by atoms with Gasteiger partial charge in [0.05, 0.1) is 20.3 Å². The number of aromatic nitrogens is 3.